The van der Waals surface area contributed by atoms with Crippen LogP contribution in [0, 0.1) is 0 Å². The number of hydrogen-bond acceptors (Lipinski definition) is 8. The molecule has 1 amide bonds. The third-order valence-corrected chi connectivity index (χ3v) is 4.17. The summed E-state index contributed by atoms with van der Waals surface area (Å²) < 4.78 is 20.6. The topological polar surface area (TPSA) is 113 Å². The molecule has 0 atom stereocenters. The zero-order chi connectivity index (χ0) is 24.7. The van der Waals surface area contributed by atoms with Crippen LogP contribution in [0.25, 0.3) is 0 Å². The van der Waals surface area contributed by atoms with Gasteiger partial charge in [-0.15, -0.1) is 6.58 Å². The van der Waals surface area contributed by atoms with E-state index in [0.29, 0.717) is 48.0 Å². The molecular weight excluding hydrogens is 414 g/mol. The Labute approximate surface area is 190 Å². The van der Waals surface area contributed by atoms with Gasteiger partial charge in [0.1, 0.15) is 18.0 Å². The van der Waals surface area contributed by atoms with Gasteiger partial charge in [0.05, 0.1) is 27.9 Å². The van der Waals surface area contributed by atoms with Crippen molar-refractivity contribution in [1.29, 1.82) is 0 Å². The zero-order valence-corrected chi connectivity index (χ0v) is 19.9. The number of allylic oxidation sites excluding steroid dienone is 4. The number of ether oxygens (including phenoxy) is 4. The van der Waals surface area contributed by atoms with Crippen molar-refractivity contribution in [2.75, 3.05) is 41.6 Å². The molecule has 1 rings (SSSR count). The fourth-order valence-electron chi connectivity index (χ4n) is 2.50. The molecule has 2 N–H and O–H groups in total. The predicted octanol–water partition coefficient (Wildman–Crippen LogP) is 2.83. The first-order chi connectivity index (χ1) is 15.2. The first-order valence-corrected chi connectivity index (χ1v) is 9.91. The Morgan fingerprint density at radius 2 is 1.88 bits per heavy atom. The lowest BCUT2D eigenvalue weighted by atomic mass is 10.1. The standard InChI is InChI=1S/C19H27N3O5.C4H8O/c1-7-12(2)22(11-17(20)23)21-13(3)18(24)14-8-9-15(25-4)19(27-6)16(10-14)26-5;1-3-4-5-2/h8,10H,2,7,9,11H2,1,3-6H3,(H2,20,23);3H,1,4H2,2H3/b21-13+;. The SMILES string of the molecule is C=C(CC)N(CC(N)=O)/N=C(\C)C(=O)C1=CCC(OC)=C(OC)C(OC)=C1.C=CCOC. The smallest absolute Gasteiger partial charge is 0.239 e. The maximum Gasteiger partial charge on any atom is 0.239 e. The highest BCUT2D eigenvalue weighted by atomic mass is 16.5. The Balaban J connectivity index is 0.00000172. The van der Waals surface area contributed by atoms with E-state index in [1.165, 1.54) is 26.3 Å². The number of carbonyl (C=O) groups is 2. The third kappa shape index (κ3) is 9.22. The Morgan fingerprint density at radius 1 is 1.22 bits per heavy atom. The molecule has 0 radical (unpaired) electrons. The number of nitrogens with two attached hydrogens (primary N) is 1. The number of hydrogen-bond donors (Lipinski definition) is 1. The summed E-state index contributed by atoms with van der Waals surface area (Å²) in [6, 6.07) is 0. The van der Waals surface area contributed by atoms with Crippen LogP contribution in [0.3, 0.4) is 0 Å². The first kappa shape index (κ1) is 28.7. The van der Waals surface area contributed by atoms with Crippen LogP contribution < -0.4 is 5.73 Å². The summed E-state index contributed by atoms with van der Waals surface area (Å²) in [5.41, 5.74) is 6.38. The van der Waals surface area contributed by atoms with Gasteiger partial charge in [-0.3, -0.25) is 14.6 Å². The number of Topliss-reactive ketones (excluding diaryl/α,β-unsaturated/α-hetero) is 1. The maximum absolute atomic E-state index is 12.9. The van der Waals surface area contributed by atoms with Crippen LogP contribution in [0.15, 0.2) is 65.0 Å². The summed E-state index contributed by atoms with van der Waals surface area (Å²) in [6.07, 6.45) is 5.90. The molecule has 0 aliphatic heterocycles. The number of rotatable bonds is 12. The molecule has 1 aliphatic rings. The second-order valence-electron chi connectivity index (χ2n) is 6.44. The molecule has 0 spiro atoms. The van der Waals surface area contributed by atoms with E-state index in [1.807, 2.05) is 6.92 Å². The molecule has 0 saturated carbocycles. The van der Waals surface area contributed by atoms with E-state index in [-0.39, 0.29) is 18.0 Å². The monoisotopic (exact) mass is 449 g/mol. The van der Waals surface area contributed by atoms with Crippen molar-refractivity contribution in [2.45, 2.75) is 26.7 Å². The van der Waals surface area contributed by atoms with Gasteiger partial charge in [-0.2, -0.15) is 5.10 Å². The molecule has 0 aromatic heterocycles. The van der Waals surface area contributed by atoms with Crippen LogP contribution in [-0.2, 0) is 28.5 Å². The van der Waals surface area contributed by atoms with Crippen molar-refractivity contribution in [1.82, 2.24) is 5.01 Å². The van der Waals surface area contributed by atoms with Gasteiger partial charge in [-0.1, -0.05) is 25.7 Å². The lowest BCUT2D eigenvalue weighted by Crippen LogP contribution is -2.31. The highest BCUT2D eigenvalue weighted by Crippen LogP contribution is 2.26. The van der Waals surface area contributed by atoms with E-state index in [1.54, 1.807) is 32.3 Å². The minimum Gasteiger partial charge on any atom is -0.497 e. The lowest BCUT2D eigenvalue weighted by Gasteiger charge is -2.19. The van der Waals surface area contributed by atoms with Crippen LogP contribution in [0.2, 0.25) is 0 Å². The van der Waals surface area contributed by atoms with Gasteiger partial charge in [0, 0.05) is 24.8 Å². The maximum atomic E-state index is 12.9. The minimum absolute atomic E-state index is 0.154. The molecule has 9 nitrogen and oxygen atoms in total. The Bertz CT molecular complexity index is 809. The van der Waals surface area contributed by atoms with Gasteiger partial charge < -0.3 is 24.7 Å². The second-order valence-corrected chi connectivity index (χ2v) is 6.44. The third-order valence-electron chi connectivity index (χ3n) is 4.17. The molecule has 0 heterocycles. The summed E-state index contributed by atoms with van der Waals surface area (Å²) in [5.74, 6) is 0.436. The molecule has 0 fully saturated rings. The van der Waals surface area contributed by atoms with Crippen molar-refractivity contribution in [3.8, 4) is 0 Å². The normalized spacial score (nSPS) is 13.5. The highest BCUT2D eigenvalue weighted by Gasteiger charge is 2.22. The molecule has 178 valence electrons. The van der Waals surface area contributed by atoms with Crippen LogP contribution in [0.4, 0.5) is 0 Å². The molecule has 32 heavy (non-hydrogen) atoms. The van der Waals surface area contributed by atoms with Crippen molar-refractivity contribution in [3.63, 3.8) is 0 Å². The Morgan fingerprint density at radius 3 is 2.28 bits per heavy atom. The molecule has 0 unspecified atom stereocenters. The first-order valence-electron chi connectivity index (χ1n) is 9.91. The number of amides is 1. The van der Waals surface area contributed by atoms with Crippen LogP contribution in [-0.4, -0.2) is 64.0 Å². The fourth-order valence-corrected chi connectivity index (χ4v) is 2.50. The highest BCUT2D eigenvalue weighted by molar-refractivity contribution is 6.45. The van der Waals surface area contributed by atoms with Crippen LogP contribution in [0.5, 0.6) is 0 Å². The summed E-state index contributed by atoms with van der Waals surface area (Å²) >= 11 is 0. The van der Waals surface area contributed by atoms with E-state index in [0.717, 1.165) is 0 Å². The average Bonchev–Trinajstić information content (AvgIpc) is 2.96. The van der Waals surface area contributed by atoms with Gasteiger partial charge in [-0.25, -0.2) is 0 Å². The minimum atomic E-state index is -0.567. The van der Waals surface area contributed by atoms with Crippen LogP contribution in [0.1, 0.15) is 26.7 Å². The molecule has 9 heteroatoms. The van der Waals surface area contributed by atoms with E-state index in [2.05, 4.69) is 23.0 Å². The van der Waals surface area contributed by atoms with Gasteiger partial charge in [0.15, 0.2) is 11.5 Å². The number of carbonyl (C=O) groups excluding carboxylic acids is 2. The fraction of sp³-hybridized carbons (Fsp3) is 0.435. The lowest BCUT2D eigenvalue weighted by molar-refractivity contribution is -0.119. The molecule has 0 bridgehead atoms. The number of ketones is 1. The van der Waals surface area contributed by atoms with Crippen molar-refractivity contribution in [2.24, 2.45) is 10.8 Å². The van der Waals surface area contributed by atoms with Crippen LogP contribution >= 0.6 is 0 Å². The molecule has 0 aromatic carbocycles. The summed E-state index contributed by atoms with van der Waals surface area (Å²) in [7, 11) is 6.14. The Hall–Kier alpha value is -3.33. The van der Waals surface area contributed by atoms with Crippen molar-refractivity contribution >= 4 is 17.4 Å². The average molecular weight is 450 g/mol. The van der Waals surface area contributed by atoms with E-state index in [9.17, 15) is 9.59 Å². The van der Waals surface area contributed by atoms with Gasteiger partial charge >= 0.3 is 0 Å². The summed E-state index contributed by atoms with van der Waals surface area (Å²) in [6.45, 7) is 11.2. The summed E-state index contributed by atoms with van der Waals surface area (Å²) in [4.78, 5) is 24.1. The largest absolute Gasteiger partial charge is 0.497 e. The van der Waals surface area contributed by atoms with E-state index in [4.69, 9.17) is 19.9 Å². The second kappa shape index (κ2) is 15.5. The predicted molar refractivity (Wildman–Crippen MR) is 124 cm³/mol. The summed E-state index contributed by atoms with van der Waals surface area (Å²) in [5, 5.41) is 5.58. The van der Waals surface area contributed by atoms with E-state index < -0.39 is 5.91 Å². The molecule has 1 aliphatic carbocycles. The van der Waals surface area contributed by atoms with Gasteiger partial charge in [-0.05, 0) is 19.4 Å². The Kier molecular flexibility index (Phi) is 13.9. The van der Waals surface area contributed by atoms with Crippen molar-refractivity contribution < 1.29 is 28.5 Å². The molecule has 0 aromatic rings. The van der Waals surface area contributed by atoms with E-state index >= 15 is 0 Å². The quantitative estimate of drug-likeness (QED) is 0.277. The number of methoxy groups -OCH3 is 4. The van der Waals surface area contributed by atoms with Gasteiger partial charge in [0.2, 0.25) is 11.7 Å². The number of nitrogens with zero attached hydrogens (tertiary/aromatic N) is 2. The molecule has 0 saturated heterocycles. The van der Waals surface area contributed by atoms with Gasteiger partial charge in [0.25, 0.3) is 0 Å². The number of primary amides is 1. The van der Waals surface area contributed by atoms with Crippen molar-refractivity contribution in [3.05, 3.63) is 59.9 Å². The zero-order valence-electron chi connectivity index (χ0n) is 19.9. The molecular formula is C23H35N3O6. The number of hydrazone groups is 1.